The number of hydrogen-bond acceptors (Lipinski definition) is 5. The Morgan fingerprint density at radius 3 is 2.79 bits per heavy atom. The molecule has 0 spiro atoms. The molecule has 0 radical (unpaired) electrons. The topological polar surface area (TPSA) is 88.6 Å². The van der Waals surface area contributed by atoms with Crippen molar-refractivity contribution in [2.24, 2.45) is 5.41 Å². The Bertz CT molecular complexity index is 564. The zero-order valence-electron chi connectivity index (χ0n) is 11.1. The summed E-state index contributed by atoms with van der Waals surface area (Å²) >= 11 is 0. The van der Waals surface area contributed by atoms with Crippen LogP contribution in [-0.2, 0) is 9.47 Å². The van der Waals surface area contributed by atoms with Crippen LogP contribution >= 0.6 is 7.53 Å². The first-order valence-electron chi connectivity index (χ1n) is 6.02. The first-order valence-corrected chi connectivity index (χ1v) is 7.50. The van der Waals surface area contributed by atoms with Crippen LogP contribution < -0.4 is 10.9 Å². The van der Waals surface area contributed by atoms with E-state index in [1.165, 1.54) is 13.2 Å². The predicted molar refractivity (Wildman–Crippen MR) is 71.6 cm³/mol. The molecule has 0 amide bonds. The van der Waals surface area contributed by atoms with Crippen molar-refractivity contribution in [2.45, 2.75) is 31.9 Å². The van der Waals surface area contributed by atoms with Crippen LogP contribution in [0.5, 0.6) is 0 Å². The van der Waals surface area contributed by atoms with Gasteiger partial charge in [-0.05, 0) is 13.3 Å². The third-order valence-corrected chi connectivity index (χ3v) is 5.83. The number of rotatable bonds is 3. The lowest BCUT2D eigenvalue weighted by molar-refractivity contribution is -0.0244. The maximum Gasteiger partial charge on any atom is 0.270 e. The molecule has 1 aliphatic rings. The van der Waals surface area contributed by atoms with Gasteiger partial charge in [-0.2, -0.15) is 0 Å². The molecular formula is C12H18NO5P. The fourth-order valence-electron chi connectivity index (χ4n) is 2.37. The van der Waals surface area contributed by atoms with Gasteiger partial charge in [0.2, 0.25) is 0 Å². The van der Waals surface area contributed by atoms with Crippen molar-refractivity contribution in [2.75, 3.05) is 13.7 Å². The van der Waals surface area contributed by atoms with Gasteiger partial charge < -0.3 is 14.6 Å². The van der Waals surface area contributed by atoms with E-state index >= 15 is 0 Å². The summed E-state index contributed by atoms with van der Waals surface area (Å²) in [5, 5.41) is 9.94. The first kappa shape index (κ1) is 14.5. The van der Waals surface area contributed by atoms with E-state index in [2.05, 4.69) is 4.98 Å². The molecule has 1 aliphatic heterocycles. The smallest absolute Gasteiger partial charge is 0.270 e. The summed E-state index contributed by atoms with van der Waals surface area (Å²) in [7, 11) is 0.234. The standard InChI is InChI=1S/C12H18NO5P/c1-12(2)9(15)7(6-17-3)18-10(12)19-5-4-8(14)13-11(19)16/h4-5,7,9-10,15H,6H2,1-3H3,(H,13,14,16)/t7?,9-,10?,19?/m1/s1. The highest BCUT2D eigenvalue weighted by Crippen LogP contribution is 2.55. The molecule has 6 nitrogen and oxygen atoms in total. The quantitative estimate of drug-likeness (QED) is 0.852. The maximum absolute atomic E-state index is 11.9. The molecule has 2 N–H and O–H groups in total. The SMILES string of the molecule is COCC1OC(p2ccc(=O)[nH]c2=O)C(C)(C)[C@@H]1O. The fourth-order valence-corrected chi connectivity index (χ4v) is 4.57. The number of aromatic nitrogens is 1. The maximum atomic E-state index is 11.9. The van der Waals surface area contributed by atoms with Crippen molar-refractivity contribution >= 4 is 7.53 Å². The van der Waals surface area contributed by atoms with E-state index in [-0.39, 0.29) is 11.9 Å². The second-order valence-electron chi connectivity index (χ2n) is 5.27. The van der Waals surface area contributed by atoms with E-state index in [4.69, 9.17) is 9.47 Å². The summed E-state index contributed by atoms with van der Waals surface area (Å²) in [5.41, 5.74) is -0.981. The second-order valence-corrected chi connectivity index (χ2v) is 7.25. The van der Waals surface area contributed by atoms with Gasteiger partial charge in [0, 0.05) is 18.6 Å². The van der Waals surface area contributed by atoms with E-state index in [1.54, 1.807) is 5.80 Å². The van der Waals surface area contributed by atoms with E-state index in [0.29, 0.717) is 0 Å². The van der Waals surface area contributed by atoms with Gasteiger partial charge in [0.25, 0.3) is 10.9 Å². The average Bonchev–Trinajstić information content (AvgIpc) is 2.54. The Kier molecular flexibility index (Phi) is 3.97. The van der Waals surface area contributed by atoms with Crippen LogP contribution in [0, 0.1) is 5.41 Å². The van der Waals surface area contributed by atoms with Crippen molar-refractivity contribution in [3.05, 3.63) is 32.3 Å². The fraction of sp³-hybridized carbons (Fsp3) is 0.667. The minimum absolute atomic E-state index is 0.272. The van der Waals surface area contributed by atoms with Gasteiger partial charge in [0.15, 0.2) is 0 Å². The summed E-state index contributed by atoms with van der Waals surface area (Å²) in [6, 6.07) is 1.35. The van der Waals surface area contributed by atoms with Crippen LogP contribution in [0.15, 0.2) is 21.5 Å². The number of hydrogen-bond donors (Lipinski definition) is 2. The normalized spacial score (nSPS) is 30.5. The van der Waals surface area contributed by atoms with Crippen LogP contribution in [-0.4, -0.2) is 36.0 Å². The molecule has 106 valence electrons. The number of aromatic amines is 1. The molecule has 2 rings (SSSR count). The molecule has 0 saturated carbocycles. The molecule has 1 fully saturated rings. The molecule has 19 heavy (non-hydrogen) atoms. The molecule has 0 aliphatic carbocycles. The van der Waals surface area contributed by atoms with Crippen molar-refractivity contribution in [1.82, 2.24) is 4.98 Å². The number of aliphatic hydroxyl groups excluding tert-OH is 1. The van der Waals surface area contributed by atoms with Gasteiger partial charge in [-0.25, -0.2) is 0 Å². The lowest BCUT2D eigenvalue weighted by Gasteiger charge is -2.27. The van der Waals surface area contributed by atoms with E-state index < -0.39 is 36.6 Å². The molecule has 4 atom stereocenters. The van der Waals surface area contributed by atoms with Crippen molar-refractivity contribution in [3.8, 4) is 0 Å². The number of H-pyrrole nitrogens is 1. The number of methoxy groups -OCH3 is 1. The zero-order valence-corrected chi connectivity index (χ0v) is 12.0. The summed E-state index contributed by atoms with van der Waals surface area (Å²) in [5.74, 6) is 1.17. The summed E-state index contributed by atoms with van der Waals surface area (Å²) in [6.45, 7) is 3.99. The summed E-state index contributed by atoms with van der Waals surface area (Å²) < 4.78 is 10.8. The van der Waals surface area contributed by atoms with Crippen LogP contribution in [0.1, 0.15) is 19.7 Å². The average molecular weight is 287 g/mol. The Balaban J connectivity index is 2.39. The highest BCUT2D eigenvalue weighted by molar-refractivity contribution is 7.48. The van der Waals surface area contributed by atoms with Crippen molar-refractivity contribution in [1.29, 1.82) is 0 Å². The monoisotopic (exact) mass is 287 g/mol. The minimum Gasteiger partial charge on any atom is -0.390 e. The Morgan fingerprint density at radius 1 is 1.53 bits per heavy atom. The molecule has 1 aromatic heterocycles. The van der Waals surface area contributed by atoms with Gasteiger partial charge >= 0.3 is 0 Å². The van der Waals surface area contributed by atoms with Gasteiger partial charge in [-0.1, -0.05) is 13.8 Å². The first-order chi connectivity index (χ1) is 8.87. The molecule has 0 bridgehead atoms. The number of nitrogens with one attached hydrogen (secondary N) is 1. The van der Waals surface area contributed by atoms with Crippen LogP contribution in [0.3, 0.4) is 0 Å². The summed E-state index contributed by atoms with van der Waals surface area (Å²) in [4.78, 5) is 25.3. The highest BCUT2D eigenvalue weighted by atomic mass is 31.1. The van der Waals surface area contributed by atoms with Crippen LogP contribution in [0.2, 0.25) is 0 Å². The predicted octanol–water partition coefficient (Wildman–Crippen LogP) is 0.653. The third kappa shape index (κ3) is 2.54. The highest BCUT2D eigenvalue weighted by Gasteiger charge is 2.51. The molecule has 1 saturated heterocycles. The van der Waals surface area contributed by atoms with Crippen LogP contribution in [0.4, 0.5) is 0 Å². The number of aliphatic hydroxyl groups is 1. The lowest BCUT2D eigenvalue weighted by Crippen LogP contribution is -2.35. The molecular weight excluding hydrogens is 269 g/mol. The van der Waals surface area contributed by atoms with E-state index in [1.807, 2.05) is 13.8 Å². The molecule has 1 aromatic rings. The Labute approximate surface area is 111 Å². The Morgan fingerprint density at radius 2 is 2.21 bits per heavy atom. The minimum atomic E-state index is -1.30. The van der Waals surface area contributed by atoms with E-state index in [9.17, 15) is 14.7 Å². The molecule has 0 aromatic carbocycles. The largest absolute Gasteiger partial charge is 0.390 e. The molecule has 3 unspecified atom stereocenters. The lowest BCUT2D eigenvalue weighted by atomic mass is 9.87. The third-order valence-electron chi connectivity index (χ3n) is 3.49. The van der Waals surface area contributed by atoms with Gasteiger partial charge in [0.05, 0.1) is 12.7 Å². The summed E-state index contributed by atoms with van der Waals surface area (Å²) in [6.07, 6.45) is -1.16. The van der Waals surface area contributed by atoms with Gasteiger partial charge in [0.1, 0.15) is 11.9 Å². The number of ether oxygens (including phenoxy) is 2. The second kappa shape index (κ2) is 5.21. The molecule has 2 heterocycles. The Hall–Kier alpha value is -0.940. The molecule has 7 heteroatoms. The van der Waals surface area contributed by atoms with Gasteiger partial charge in [-0.15, -0.1) is 0 Å². The van der Waals surface area contributed by atoms with E-state index in [0.717, 1.165) is 0 Å². The van der Waals surface area contributed by atoms with Crippen LogP contribution in [0.25, 0.3) is 0 Å². The van der Waals surface area contributed by atoms with Gasteiger partial charge in [-0.3, -0.25) is 14.6 Å². The van der Waals surface area contributed by atoms with Crippen molar-refractivity contribution in [3.63, 3.8) is 0 Å². The zero-order chi connectivity index (χ0) is 14.2. The van der Waals surface area contributed by atoms with Crippen molar-refractivity contribution < 1.29 is 14.6 Å².